The fourth-order valence-corrected chi connectivity index (χ4v) is 3.61. The van der Waals surface area contributed by atoms with Gasteiger partial charge < -0.3 is 10.0 Å². The van der Waals surface area contributed by atoms with Gasteiger partial charge >= 0.3 is 0 Å². The van der Waals surface area contributed by atoms with Gasteiger partial charge in [0.15, 0.2) is 0 Å². The van der Waals surface area contributed by atoms with E-state index in [1.54, 1.807) is 11.1 Å². The largest absolute Gasteiger partial charge is 0.381 e. The van der Waals surface area contributed by atoms with E-state index in [1.807, 2.05) is 30.3 Å². The van der Waals surface area contributed by atoms with Gasteiger partial charge in [-0.05, 0) is 24.8 Å². The second kappa shape index (κ2) is 4.95. The number of hydrogen-bond acceptors (Lipinski definition) is 3. The number of amides is 1. The van der Waals surface area contributed by atoms with Crippen LogP contribution in [-0.4, -0.2) is 39.2 Å². The molecule has 5 heteroatoms. The predicted octanol–water partition coefficient (Wildman–Crippen LogP) is 1.56. The number of β-amino-alcohol motifs (C(OH)–C–C–N with tert-alkyl or cyclic N) is 1. The Bertz CT molecular complexity index is 689. The molecule has 2 aromatic rings. The molecule has 0 spiro atoms. The van der Waals surface area contributed by atoms with Crippen LogP contribution in [0.1, 0.15) is 35.6 Å². The average molecular weight is 297 g/mol. The van der Waals surface area contributed by atoms with Crippen molar-refractivity contribution in [1.29, 1.82) is 0 Å². The maximum atomic E-state index is 12.7. The zero-order valence-electron chi connectivity index (χ0n) is 12.3. The third-order valence-corrected chi connectivity index (χ3v) is 4.87. The van der Waals surface area contributed by atoms with Gasteiger partial charge in [0.2, 0.25) is 5.91 Å². The number of nitrogens with one attached hydrogen (secondary N) is 1. The zero-order valence-corrected chi connectivity index (χ0v) is 12.3. The molecule has 1 aliphatic heterocycles. The van der Waals surface area contributed by atoms with Crippen molar-refractivity contribution in [2.45, 2.75) is 30.8 Å². The van der Waals surface area contributed by atoms with Crippen molar-refractivity contribution in [2.24, 2.45) is 0 Å². The molecule has 0 saturated carbocycles. The lowest BCUT2D eigenvalue weighted by molar-refractivity contribution is -0.159. The third-order valence-electron chi connectivity index (χ3n) is 4.87. The van der Waals surface area contributed by atoms with E-state index >= 15 is 0 Å². The smallest absolute Gasteiger partial charge is 0.230 e. The number of benzene rings is 1. The summed E-state index contributed by atoms with van der Waals surface area (Å²) in [5.74, 6) is 0.00535. The highest BCUT2D eigenvalue weighted by atomic mass is 16.3. The van der Waals surface area contributed by atoms with Crippen LogP contribution in [0.25, 0.3) is 0 Å². The van der Waals surface area contributed by atoms with E-state index in [1.165, 1.54) is 0 Å². The number of nitrogens with zero attached hydrogens (tertiary/aromatic N) is 2. The summed E-state index contributed by atoms with van der Waals surface area (Å²) in [4.78, 5) is 14.5. The molecule has 1 saturated heterocycles. The van der Waals surface area contributed by atoms with Crippen molar-refractivity contribution in [2.75, 3.05) is 13.1 Å². The van der Waals surface area contributed by atoms with E-state index in [9.17, 15) is 9.90 Å². The standard InChI is InChI=1S/C17H19N3O2/c21-16(13-7-4-8-15-14(13)9-18-19-15)20-10-17(22,11-20)12-5-2-1-3-6-12/h1-3,5-6,9,13,22H,4,7-8,10-11H2,(H,18,19). The van der Waals surface area contributed by atoms with E-state index < -0.39 is 5.60 Å². The summed E-state index contributed by atoms with van der Waals surface area (Å²) < 4.78 is 0. The number of aromatic nitrogens is 2. The number of carbonyl (C=O) groups excluding carboxylic acids is 1. The maximum absolute atomic E-state index is 12.7. The predicted molar refractivity (Wildman–Crippen MR) is 81.2 cm³/mol. The van der Waals surface area contributed by atoms with Crippen LogP contribution in [0.4, 0.5) is 0 Å². The monoisotopic (exact) mass is 297 g/mol. The van der Waals surface area contributed by atoms with Crippen LogP contribution < -0.4 is 0 Å². The van der Waals surface area contributed by atoms with Gasteiger partial charge in [0.25, 0.3) is 0 Å². The van der Waals surface area contributed by atoms with Gasteiger partial charge in [-0.1, -0.05) is 30.3 Å². The third kappa shape index (κ3) is 2.04. The van der Waals surface area contributed by atoms with Crippen LogP contribution in [0.3, 0.4) is 0 Å². The van der Waals surface area contributed by atoms with Gasteiger partial charge in [0.1, 0.15) is 5.60 Å². The van der Waals surface area contributed by atoms with Crippen LogP contribution in [0.15, 0.2) is 36.5 Å². The van der Waals surface area contributed by atoms with Crippen molar-refractivity contribution in [3.8, 4) is 0 Å². The first-order valence-corrected chi connectivity index (χ1v) is 7.76. The minimum Gasteiger partial charge on any atom is -0.381 e. The number of likely N-dealkylation sites (tertiary alicyclic amines) is 1. The van der Waals surface area contributed by atoms with Crippen LogP contribution in [0.2, 0.25) is 0 Å². The fraction of sp³-hybridized carbons (Fsp3) is 0.412. The second-order valence-corrected chi connectivity index (χ2v) is 6.34. The summed E-state index contributed by atoms with van der Waals surface area (Å²) in [6.45, 7) is 0.749. The van der Waals surface area contributed by atoms with Gasteiger partial charge in [0, 0.05) is 11.3 Å². The number of aromatic amines is 1. The lowest BCUT2D eigenvalue weighted by Gasteiger charge is -2.48. The lowest BCUT2D eigenvalue weighted by atomic mass is 9.82. The fourth-order valence-electron chi connectivity index (χ4n) is 3.61. The van der Waals surface area contributed by atoms with E-state index in [0.717, 1.165) is 36.1 Å². The first kappa shape index (κ1) is 13.5. The molecule has 0 bridgehead atoms. The van der Waals surface area contributed by atoms with Crippen LogP contribution >= 0.6 is 0 Å². The van der Waals surface area contributed by atoms with E-state index in [2.05, 4.69) is 10.2 Å². The highest BCUT2D eigenvalue weighted by Crippen LogP contribution is 2.37. The summed E-state index contributed by atoms with van der Waals surface area (Å²) in [7, 11) is 0. The average Bonchev–Trinajstić information content (AvgIpc) is 3.00. The summed E-state index contributed by atoms with van der Waals surface area (Å²) in [5.41, 5.74) is 2.10. The SMILES string of the molecule is O=C(C1CCCc2[nH]ncc21)N1CC(O)(c2ccccc2)C1. The number of hydrogen-bond donors (Lipinski definition) is 2. The van der Waals surface area contributed by atoms with Crippen molar-refractivity contribution < 1.29 is 9.90 Å². The van der Waals surface area contributed by atoms with Crippen molar-refractivity contribution in [1.82, 2.24) is 15.1 Å². The Morgan fingerprint density at radius 2 is 2.09 bits per heavy atom. The Balaban J connectivity index is 1.49. The normalized spacial score (nSPS) is 22.8. The highest BCUT2D eigenvalue weighted by molar-refractivity contribution is 5.85. The summed E-state index contributed by atoms with van der Waals surface area (Å²) in [5, 5.41) is 17.7. The molecule has 2 aliphatic rings. The van der Waals surface area contributed by atoms with Gasteiger partial charge in [-0.25, -0.2) is 0 Å². The first-order chi connectivity index (χ1) is 10.7. The van der Waals surface area contributed by atoms with Gasteiger partial charge in [-0.15, -0.1) is 0 Å². The quantitative estimate of drug-likeness (QED) is 0.884. The number of fused-ring (bicyclic) bond motifs is 1. The molecule has 4 rings (SSSR count). The number of aryl methyl sites for hydroxylation is 1. The van der Waals surface area contributed by atoms with Gasteiger partial charge in [0.05, 0.1) is 25.2 Å². The van der Waals surface area contributed by atoms with E-state index in [4.69, 9.17) is 0 Å². The molecule has 1 fully saturated rings. The molecule has 22 heavy (non-hydrogen) atoms. The van der Waals surface area contributed by atoms with Crippen molar-refractivity contribution in [3.05, 3.63) is 53.3 Å². The molecule has 1 aliphatic carbocycles. The molecular weight excluding hydrogens is 278 g/mol. The topological polar surface area (TPSA) is 69.2 Å². The Morgan fingerprint density at radius 3 is 2.86 bits per heavy atom. The molecule has 1 atom stereocenters. The van der Waals surface area contributed by atoms with E-state index in [-0.39, 0.29) is 11.8 Å². The summed E-state index contributed by atoms with van der Waals surface area (Å²) in [6, 6.07) is 9.58. The molecule has 5 nitrogen and oxygen atoms in total. The number of rotatable bonds is 2. The van der Waals surface area contributed by atoms with Crippen molar-refractivity contribution in [3.63, 3.8) is 0 Å². The summed E-state index contributed by atoms with van der Waals surface area (Å²) >= 11 is 0. The highest BCUT2D eigenvalue weighted by Gasteiger charge is 2.46. The Kier molecular flexibility index (Phi) is 3.04. The van der Waals surface area contributed by atoms with Crippen LogP contribution in [0.5, 0.6) is 0 Å². The van der Waals surface area contributed by atoms with E-state index in [0.29, 0.717) is 13.1 Å². The molecule has 1 aromatic carbocycles. The molecular formula is C17H19N3O2. The number of H-pyrrole nitrogens is 1. The Labute approximate surface area is 129 Å². The van der Waals surface area contributed by atoms with Crippen LogP contribution in [-0.2, 0) is 16.8 Å². The Morgan fingerprint density at radius 1 is 1.32 bits per heavy atom. The maximum Gasteiger partial charge on any atom is 0.230 e. The van der Waals surface area contributed by atoms with Gasteiger partial charge in [-0.2, -0.15) is 5.10 Å². The van der Waals surface area contributed by atoms with Crippen LogP contribution in [0, 0.1) is 0 Å². The second-order valence-electron chi connectivity index (χ2n) is 6.34. The molecule has 2 N–H and O–H groups in total. The molecule has 1 amide bonds. The molecule has 114 valence electrons. The lowest BCUT2D eigenvalue weighted by Crippen LogP contribution is -2.62. The molecule has 1 unspecified atom stereocenters. The zero-order chi connectivity index (χ0) is 15.2. The minimum atomic E-state index is -0.898. The number of aliphatic hydroxyl groups is 1. The minimum absolute atomic E-state index is 0.108. The van der Waals surface area contributed by atoms with Crippen molar-refractivity contribution >= 4 is 5.91 Å². The Hall–Kier alpha value is -2.14. The molecule has 2 heterocycles. The van der Waals surface area contributed by atoms with Gasteiger partial charge in [-0.3, -0.25) is 9.89 Å². The molecule has 1 aromatic heterocycles. The summed E-state index contributed by atoms with van der Waals surface area (Å²) in [6.07, 6.45) is 4.61. The number of carbonyl (C=O) groups is 1. The molecule has 0 radical (unpaired) electrons. The first-order valence-electron chi connectivity index (χ1n) is 7.76.